The van der Waals surface area contributed by atoms with Gasteiger partial charge in [-0.3, -0.25) is 14.6 Å². The van der Waals surface area contributed by atoms with Crippen LogP contribution in [0.15, 0.2) is 57.8 Å². The lowest BCUT2D eigenvalue weighted by Gasteiger charge is -2.35. The number of anilines is 1. The van der Waals surface area contributed by atoms with Gasteiger partial charge in [0.05, 0.1) is 10.9 Å². The van der Waals surface area contributed by atoms with Gasteiger partial charge in [0.1, 0.15) is 0 Å². The fourth-order valence-corrected chi connectivity index (χ4v) is 3.38. The molecule has 0 bridgehead atoms. The van der Waals surface area contributed by atoms with Crippen molar-refractivity contribution in [3.05, 3.63) is 68.9 Å². The zero-order chi connectivity index (χ0) is 18.1. The maximum atomic E-state index is 12.6. The third-order valence-electron chi connectivity index (χ3n) is 4.56. The molecule has 4 rings (SSSR count). The van der Waals surface area contributed by atoms with Crippen LogP contribution in [0.4, 0.5) is 5.95 Å². The number of para-hydroxylation sites is 1. The lowest BCUT2D eigenvalue weighted by Crippen LogP contribution is -2.49. The second-order valence-corrected chi connectivity index (χ2v) is 7.11. The first-order valence-corrected chi connectivity index (χ1v) is 9.20. The highest BCUT2D eigenvalue weighted by Gasteiger charge is 2.23. The number of hydrogen-bond donors (Lipinski definition) is 1. The quantitative estimate of drug-likeness (QED) is 0.702. The summed E-state index contributed by atoms with van der Waals surface area (Å²) >= 11 is 3.38. The Morgan fingerprint density at radius 1 is 1.00 bits per heavy atom. The molecule has 0 spiro atoms. The molecule has 1 aromatic heterocycles. The summed E-state index contributed by atoms with van der Waals surface area (Å²) in [6, 6.07) is 14.7. The van der Waals surface area contributed by atoms with Gasteiger partial charge in [-0.15, -0.1) is 0 Å². The summed E-state index contributed by atoms with van der Waals surface area (Å²) in [6.07, 6.45) is 0. The molecule has 1 aliphatic heterocycles. The van der Waals surface area contributed by atoms with Crippen LogP contribution >= 0.6 is 15.9 Å². The monoisotopic (exact) mass is 412 g/mol. The molecule has 26 heavy (non-hydrogen) atoms. The normalized spacial score (nSPS) is 14.7. The minimum atomic E-state index is -0.140. The Kier molecular flexibility index (Phi) is 4.46. The summed E-state index contributed by atoms with van der Waals surface area (Å²) in [5, 5.41) is 0.584. The minimum Gasteiger partial charge on any atom is -0.339 e. The van der Waals surface area contributed by atoms with E-state index in [-0.39, 0.29) is 11.5 Å². The number of nitrogens with one attached hydrogen (secondary N) is 1. The number of fused-ring (bicyclic) bond motifs is 1. The fourth-order valence-electron chi connectivity index (χ4n) is 3.12. The number of halogens is 1. The van der Waals surface area contributed by atoms with Gasteiger partial charge < -0.3 is 9.80 Å². The van der Waals surface area contributed by atoms with Crippen LogP contribution < -0.4 is 10.5 Å². The molecule has 2 heterocycles. The molecule has 1 fully saturated rings. The van der Waals surface area contributed by atoms with Crippen LogP contribution in [-0.4, -0.2) is 47.0 Å². The lowest BCUT2D eigenvalue weighted by atomic mass is 10.2. The predicted octanol–water partition coefficient (Wildman–Crippen LogP) is 2.65. The summed E-state index contributed by atoms with van der Waals surface area (Å²) in [7, 11) is 0. The number of aromatic amines is 1. The predicted molar refractivity (Wildman–Crippen MR) is 105 cm³/mol. The van der Waals surface area contributed by atoms with Crippen LogP contribution in [0.2, 0.25) is 0 Å². The molecule has 3 aromatic rings. The molecule has 0 radical (unpaired) electrons. The number of rotatable bonds is 2. The average molecular weight is 413 g/mol. The highest BCUT2D eigenvalue weighted by Crippen LogP contribution is 2.16. The number of aromatic nitrogens is 2. The van der Waals surface area contributed by atoms with E-state index < -0.39 is 0 Å². The van der Waals surface area contributed by atoms with Crippen molar-refractivity contribution in [1.82, 2.24) is 14.9 Å². The molecule has 0 atom stereocenters. The molecule has 1 amide bonds. The van der Waals surface area contributed by atoms with E-state index in [1.165, 1.54) is 0 Å². The number of hydrogen-bond acceptors (Lipinski definition) is 4. The van der Waals surface area contributed by atoms with E-state index in [0.29, 0.717) is 48.6 Å². The fraction of sp³-hybridized carbons (Fsp3) is 0.211. The van der Waals surface area contributed by atoms with Crippen molar-refractivity contribution in [3.63, 3.8) is 0 Å². The number of piperazine rings is 1. The van der Waals surface area contributed by atoms with Crippen LogP contribution in [0.25, 0.3) is 10.9 Å². The maximum absolute atomic E-state index is 12.6. The van der Waals surface area contributed by atoms with Crippen molar-refractivity contribution >= 4 is 38.7 Å². The van der Waals surface area contributed by atoms with Crippen LogP contribution in [0.5, 0.6) is 0 Å². The second-order valence-electron chi connectivity index (χ2n) is 6.19. The van der Waals surface area contributed by atoms with Crippen molar-refractivity contribution < 1.29 is 4.79 Å². The molecular weight excluding hydrogens is 396 g/mol. The highest BCUT2D eigenvalue weighted by atomic mass is 79.9. The van der Waals surface area contributed by atoms with E-state index in [0.717, 1.165) is 4.47 Å². The first kappa shape index (κ1) is 16.8. The maximum Gasteiger partial charge on any atom is 0.260 e. The topological polar surface area (TPSA) is 69.3 Å². The van der Waals surface area contributed by atoms with E-state index in [9.17, 15) is 9.59 Å². The van der Waals surface area contributed by atoms with Gasteiger partial charge in [0, 0.05) is 36.2 Å². The zero-order valence-electron chi connectivity index (χ0n) is 14.0. The van der Waals surface area contributed by atoms with Crippen LogP contribution in [0, 0.1) is 0 Å². The number of amides is 1. The minimum absolute atomic E-state index is 0.0251. The third-order valence-corrected chi connectivity index (χ3v) is 5.09. The van der Waals surface area contributed by atoms with E-state index in [4.69, 9.17) is 0 Å². The van der Waals surface area contributed by atoms with Gasteiger partial charge in [0.2, 0.25) is 5.95 Å². The van der Waals surface area contributed by atoms with Crippen molar-refractivity contribution in [2.75, 3.05) is 31.1 Å². The number of H-pyrrole nitrogens is 1. The Balaban J connectivity index is 1.49. The average Bonchev–Trinajstić information content (AvgIpc) is 2.68. The van der Waals surface area contributed by atoms with Crippen LogP contribution in [0.1, 0.15) is 10.4 Å². The first-order valence-electron chi connectivity index (χ1n) is 8.41. The van der Waals surface area contributed by atoms with Gasteiger partial charge in [0.25, 0.3) is 11.5 Å². The molecule has 132 valence electrons. The molecule has 6 nitrogen and oxygen atoms in total. The Labute approximate surface area is 158 Å². The number of benzene rings is 2. The van der Waals surface area contributed by atoms with Crippen LogP contribution in [0.3, 0.4) is 0 Å². The molecule has 1 N–H and O–H groups in total. The van der Waals surface area contributed by atoms with Gasteiger partial charge in [-0.05, 0) is 36.4 Å². The largest absolute Gasteiger partial charge is 0.339 e. The standard InChI is InChI=1S/C19H17BrN4O2/c20-14-7-5-13(6-8-14)18(26)23-9-11-24(12-10-23)19-21-16-4-2-1-3-15(16)17(25)22-19/h1-8H,9-12H2,(H,21,22,25). The van der Waals surface area contributed by atoms with Gasteiger partial charge in [-0.1, -0.05) is 28.1 Å². The highest BCUT2D eigenvalue weighted by molar-refractivity contribution is 9.10. The molecule has 0 aliphatic carbocycles. The van der Waals surface area contributed by atoms with Crippen molar-refractivity contribution in [3.8, 4) is 0 Å². The molecule has 1 aliphatic rings. The zero-order valence-corrected chi connectivity index (χ0v) is 15.6. The number of carbonyl (C=O) groups excluding carboxylic acids is 1. The summed E-state index contributed by atoms with van der Waals surface area (Å²) in [4.78, 5) is 36.1. The lowest BCUT2D eigenvalue weighted by molar-refractivity contribution is 0.0746. The molecule has 0 unspecified atom stereocenters. The van der Waals surface area contributed by atoms with Gasteiger partial charge in [-0.25, -0.2) is 4.98 Å². The van der Waals surface area contributed by atoms with Crippen molar-refractivity contribution in [2.24, 2.45) is 0 Å². The van der Waals surface area contributed by atoms with E-state index in [2.05, 4.69) is 25.9 Å². The smallest absolute Gasteiger partial charge is 0.260 e. The summed E-state index contributed by atoms with van der Waals surface area (Å²) in [5.41, 5.74) is 1.22. The van der Waals surface area contributed by atoms with E-state index in [1.807, 2.05) is 52.3 Å². The van der Waals surface area contributed by atoms with Gasteiger partial charge >= 0.3 is 0 Å². The van der Waals surface area contributed by atoms with E-state index in [1.54, 1.807) is 6.07 Å². The summed E-state index contributed by atoms with van der Waals surface area (Å²) in [5.74, 6) is 0.585. The number of carbonyl (C=O) groups is 1. The summed E-state index contributed by atoms with van der Waals surface area (Å²) in [6.45, 7) is 2.43. The Bertz CT molecular complexity index is 1010. The molecule has 0 saturated carbocycles. The summed E-state index contributed by atoms with van der Waals surface area (Å²) < 4.78 is 0.949. The Morgan fingerprint density at radius 2 is 1.69 bits per heavy atom. The second kappa shape index (κ2) is 6.92. The first-order chi connectivity index (χ1) is 12.6. The molecule has 1 saturated heterocycles. The molecular formula is C19H17BrN4O2. The van der Waals surface area contributed by atoms with Crippen molar-refractivity contribution in [2.45, 2.75) is 0 Å². The van der Waals surface area contributed by atoms with Crippen molar-refractivity contribution in [1.29, 1.82) is 0 Å². The molecule has 2 aromatic carbocycles. The Morgan fingerprint density at radius 3 is 2.42 bits per heavy atom. The van der Waals surface area contributed by atoms with Gasteiger partial charge in [0.15, 0.2) is 0 Å². The SMILES string of the molecule is O=C(c1ccc(Br)cc1)N1CCN(c2nc3ccccc3c(=O)[nH]2)CC1. The number of nitrogens with zero attached hydrogens (tertiary/aromatic N) is 3. The Hall–Kier alpha value is -2.67. The third kappa shape index (κ3) is 3.22. The van der Waals surface area contributed by atoms with Crippen LogP contribution in [-0.2, 0) is 0 Å². The van der Waals surface area contributed by atoms with Gasteiger partial charge in [-0.2, -0.15) is 0 Å². The molecule has 7 heteroatoms. The van der Waals surface area contributed by atoms with E-state index >= 15 is 0 Å².